The molecule has 6 rings (SSSR count). The van der Waals surface area contributed by atoms with Crippen LogP contribution in [0.5, 0.6) is 5.75 Å². The van der Waals surface area contributed by atoms with Crippen molar-refractivity contribution in [2.24, 2.45) is 0 Å². The van der Waals surface area contributed by atoms with Gasteiger partial charge in [0.25, 0.3) is 0 Å². The molecule has 0 N–H and O–H groups in total. The summed E-state index contributed by atoms with van der Waals surface area (Å²) in [6, 6.07) is 27.8. The van der Waals surface area contributed by atoms with E-state index in [2.05, 4.69) is 88.4 Å². The quantitative estimate of drug-likeness (QED) is 0.353. The molecule has 0 spiro atoms. The zero-order valence-electron chi connectivity index (χ0n) is 19.6. The van der Waals surface area contributed by atoms with Crippen LogP contribution in [-0.4, -0.2) is 40.9 Å². The minimum Gasteiger partial charge on any atom is -0.492 e. The molecule has 0 atom stereocenters. The Balaban J connectivity index is 1.36. The Kier molecular flexibility index (Phi) is 5.90. The van der Waals surface area contributed by atoms with Crippen LogP contribution in [0.3, 0.4) is 0 Å². The minimum atomic E-state index is 0.744. The first kappa shape index (κ1) is 21.2. The summed E-state index contributed by atoms with van der Waals surface area (Å²) in [7, 11) is 0. The standard InChI is InChI=1S/C30H31N3O/c1-2-11-25(12-3-1)33-30(28-14-8-10-23-9-4-5-13-27(23)29(28)31-33)24-15-17-26(18-16-24)34-22-21-32-19-6-7-20-32/h1-5,9,11-13,15-18H,6-8,10,14,19-22H2. The Morgan fingerprint density at radius 2 is 1.53 bits per heavy atom. The van der Waals surface area contributed by atoms with Crippen LogP contribution in [0.4, 0.5) is 0 Å². The molecule has 4 heteroatoms. The number of nitrogens with zero attached hydrogens (tertiary/aromatic N) is 3. The lowest BCUT2D eigenvalue weighted by Gasteiger charge is -2.15. The fraction of sp³-hybridized carbons (Fsp3) is 0.300. The van der Waals surface area contributed by atoms with E-state index >= 15 is 0 Å². The van der Waals surface area contributed by atoms with Crippen molar-refractivity contribution in [3.05, 3.63) is 90.0 Å². The lowest BCUT2D eigenvalue weighted by atomic mass is 9.99. The summed E-state index contributed by atoms with van der Waals surface area (Å²) in [5, 5.41) is 5.19. The molecule has 4 nitrogen and oxygen atoms in total. The molecule has 0 bridgehead atoms. The average molecular weight is 450 g/mol. The predicted molar refractivity (Wildman–Crippen MR) is 138 cm³/mol. The van der Waals surface area contributed by atoms with E-state index in [-0.39, 0.29) is 0 Å². The van der Waals surface area contributed by atoms with Gasteiger partial charge in [0.15, 0.2) is 0 Å². The topological polar surface area (TPSA) is 30.3 Å². The zero-order valence-corrected chi connectivity index (χ0v) is 19.6. The monoisotopic (exact) mass is 449 g/mol. The van der Waals surface area contributed by atoms with Crippen LogP contribution >= 0.6 is 0 Å². The summed E-state index contributed by atoms with van der Waals surface area (Å²) in [5.41, 5.74) is 8.61. The smallest absolute Gasteiger partial charge is 0.119 e. The molecule has 4 aromatic rings. The van der Waals surface area contributed by atoms with E-state index in [0.717, 1.165) is 49.5 Å². The van der Waals surface area contributed by atoms with Gasteiger partial charge < -0.3 is 4.74 Å². The van der Waals surface area contributed by atoms with Crippen molar-refractivity contribution in [1.29, 1.82) is 0 Å². The molecule has 1 aliphatic carbocycles. The van der Waals surface area contributed by atoms with Gasteiger partial charge in [-0.1, -0.05) is 42.5 Å². The van der Waals surface area contributed by atoms with Crippen molar-refractivity contribution in [3.8, 4) is 34.0 Å². The van der Waals surface area contributed by atoms with Crippen LogP contribution in [0.2, 0.25) is 0 Å². The molecule has 34 heavy (non-hydrogen) atoms. The Bertz CT molecular complexity index is 1250. The molecular weight excluding hydrogens is 418 g/mol. The number of fused-ring (bicyclic) bond motifs is 3. The number of likely N-dealkylation sites (tertiary alicyclic amines) is 1. The van der Waals surface area contributed by atoms with Crippen LogP contribution in [0.15, 0.2) is 78.9 Å². The van der Waals surface area contributed by atoms with Crippen molar-refractivity contribution in [1.82, 2.24) is 14.7 Å². The second kappa shape index (κ2) is 9.47. The van der Waals surface area contributed by atoms with Crippen molar-refractivity contribution in [3.63, 3.8) is 0 Å². The maximum absolute atomic E-state index is 6.07. The Morgan fingerprint density at radius 1 is 0.765 bits per heavy atom. The normalized spacial score (nSPS) is 15.5. The van der Waals surface area contributed by atoms with Gasteiger partial charge in [0.1, 0.15) is 12.4 Å². The van der Waals surface area contributed by atoms with Crippen LogP contribution in [0.25, 0.3) is 28.2 Å². The number of benzene rings is 3. The molecule has 3 aromatic carbocycles. The Labute approximate surface area is 201 Å². The molecule has 172 valence electrons. The maximum atomic E-state index is 6.07. The molecule has 1 fully saturated rings. The number of aromatic nitrogens is 2. The summed E-state index contributed by atoms with van der Waals surface area (Å²) >= 11 is 0. The van der Waals surface area contributed by atoms with E-state index in [0.29, 0.717) is 0 Å². The van der Waals surface area contributed by atoms with Crippen molar-refractivity contribution < 1.29 is 4.74 Å². The van der Waals surface area contributed by atoms with Crippen LogP contribution in [0.1, 0.15) is 30.4 Å². The number of para-hydroxylation sites is 1. The second-order valence-electron chi connectivity index (χ2n) is 9.36. The molecule has 1 saturated heterocycles. The highest BCUT2D eigenvalue weighted by atomic mass is 16.5. The first-order valence-corrected chi connectivity index (χ1v) is 12.6. The Hall–Kier alpha value is -3.37. The van der Waals surface area contributed by atoms with Gasteiger partial charge in [-0.15, -0.1) is 0 Å². The van der Waals surface area contributed by atoms with E-state index < -0.39 is 0 Å². The zero-order chi connectivity index (χ0) is 22.7. The van der Waals surface area contributed by atoms with Gasteiger partial charge in [0, 0.05) is 23.2 Å². The molecule has 0 radical (unpaired) electrons. The summed E-state index contributed by atoms with van der Waals surface area (Å²) in [5.74, 6) is 0.935. The first-order chi connectivity index (χ1) is 16.9. The highest BCUT2D eigenvalue weighted by Gasteiger charge is 2.24. The summed E-state index contributed by atoms with van der Waals surface area (Å²) in [6.45, 7) is 4.17. The van der Waals surface area contributed by atoms with Crippen molar-refractivity contribution >= 4 is 0 Å². The number of hydrogen-bond acceptors (Lipinski definition) is 3. The lowest BCUT2D eigenvalue weighted by Crippen LogP contribution is -2.25. The lowest BCUT2D eigenvalue weighted by molar-refractivity contribution is 0.238. The molecule has 1 aromatic heterocycles. The first-order valence-electron chi connectivity index (χ1n) is 12.6. The predicted octanol–water partition coefficient (Wildman–Crippen LogP) is 6.17. The van der Waals surface area contributed by atoms with Gasteiger partial charge in [-0.05, 0) is 87.2 Å². The highest BCUT2D eigenvalue weighted by Crippen LogP contribution is 2.39. The van der Waals surface area contributed by atoms with Crippen LogP contribution in [0, 0.1) is 0 Å². The third-order valence-electron chi connectivity index (χ3n) is 7.13. The van der Waals surface area contributed by atoms with E-state index in [1.807, 2.05) is 0 Å². The molecule has 1 aliphatic heterocycles. The number of hydrogen-bond donors (Lipinski definition) is 0. The van der Waals surface area contributed by atoms with Gasteiger partial charge in [0.05, 0.1) is 17.1 Å². The van der Waals surface area contributed by atoms with E-state index in [4.69, 9.17) is 9.84 Å². The minimum absolute atomic E-state index is 0.744. The maximum Gasteiger partial charge on any atom is 0.119 e. The van der Waals surface area contributed by atoms with Crippen LogP contribution in [-0.2, 0) is 12.8 Å². The fourth-order valence-corrected chi connectivity index (χ4v) is 5.39. The van der Waals surface area contributed by atoms with Gasteiger partial charge in [-0.2, -0.15) is 5.10 Å². The SMILES string of the molecule is c1ccc(-n2nc3c(c2-c2ccc(OCCN4CCCC4)cc2)CCCc2ccccc2-3)cc1. The fourth-order valence-electron chi connectivity index (χ4n) is 5.39. The van der Waals surface area contributed by atoms with Gasteiger partial charge in [0.2, 0.25) is 0 Å². The molecule has 0 unspecified atom stereocenters. The molecular formula is C30H31N3O. The molecule has 2 aliphatic rings. The summed E-state index contributed by atoms with van der Waals surface area (Å²) < 4.78 is 8.21. The van der Waals surface area contributed by atoms with Crippen molar-refractivity contribution in [2.75, 3.05) is 26.2 Å². The number of rotatable bonds is 6. The van der Waals surface area contributed by atoms with Crippen molar-refractivity contribution in [2.45, 2.75) is 32.1 Å². The largest absolute Gasteiger partial charge is 0.492 e. The third kappa shape index (κ3) is 4.14. The van der Waals surface area contributed by atoms with Crippen LogP contribution < -0.4 is 4.74 Å². The molecule has 0 saturated carbocycles. The third-order valence-corrected chi connectivity index (χ3v) is 7.13. The van der Waals surface area contributed by atoms with Gasteiger partial charge >= 0.3 is 0 Å². The Morgan fingerprint density at radius 3 is 2.35 bits per heavy atom. The van der Waals surface area contributed by atoms with Gasteiger partial charge in [-0.25, -0.2) is 4.68 Å². The van der Waals surface area contributed by atoms with E-state index in [1.165, 1.54) is 53.9 Å². The van der Waals surface area contributed by atoms with Gasteiger partial charge in [-0.3, -0.25) is 4.90 Å². The second-order valence-corrected chi connectivity index (χ2v) is 9.36. The number of aryl methyl sites for hydroxylation is 1. The molecule has 0 amide bonds. The average Bonchev–Trinajstić information content (AvgIpc) is 3.50. The summed E-state index contributed by atoms with van der Waals surface area (Å²) in [4.78, 5) is 2.49. The van der Waals surface area contributed by atoms with E-state index in [1.54, 1.807) is 0 Å². The molecule has 2 heterocycles. The van der Waals surface area contributed by atoms with E-state index in [9.17, 15) is 0 Å². The summed E-state index contributed by atoms with van der Waals surface area (Å²) in [6.07, 6.45) is 5.90. The highest BCUT2D eigenvalue weighted by molar-refractivity contribution is 5.78. The number of ether oxygens (including phenoxy) is 1.